The molecule has 1 fully saturated rings. The van der Waals surface area contributed by atoms with Gasteiger partial charge in [-0.05, 0) is 30.5 Å². The molecule has 0 bridgehead atoms. The molecule has 0 spiro atoms. The second-order valence-electron chi connectivity index (χ2n) is 4.62. The van der Waals surface area contributed by atoms with E-state index < -0.39 is 12.7 Å². The van der Waals surface area contributed by atoms with Crippen molar-refractivity contribution in [3.63, 3.8) is 0 Å². The van der Waals surface area contributed by atoms with Gasteiger partial charge in [-0.2, -0.15) is 13.2 Å². The second kappa shape index (κ2) is 4.22. The summed E-state index contributed by atoms with van der Waals surface area (Å²) in [7, 11) is 0. The van der Waals surface area contributed by atoms with Crippen LogP contribution in [-0.2, 0) is 5.41 Å². The number of rotatable bonds is 4. The Morgan fingerprint density at radius 1 is 1.18 bits per heavy atom. The lowest BCUT2D eigenvalue weighted by Crippen LogP contribution is -2.34. The van der Waals surface area contributed by atoms with Gasteiger partial charge in [0, 0.05) is 17.6 Å². The summed E-state index contributed by atoms with van der Waals surface area (Å²) in [6, 6.07) is 7.38. The topological polar surface area (TPSA) is 38.0 Å². The normalized spacial score (nSPS) is 18.1. The lowest BCUT2D eigenvalue weighted by atomic mass is 9.96. The minimum atomic E-state index is -4.14. The van der Waals surface area contributed by atoms with Gasteiger partial charge in [0.2, 0.25) is 0 Å². The number of hydrogen-bond acceptors (Lipinski definition) is 2. The first-order valence-electron chi connectivity index (χ1n) is 5.55. The molecule has 1 aromatic carbocycles. The number of anilines is 1. The van der Waals surface area contributed by atoms with E-state index in [2.05, 4.69) is 5.32 Å². The van der Waals surface area contributed by atoms with E-state index in [1.54, 1.807) is 12.1 Å². The summed E-state index contributed by atoms with van der Waals surface area (Å²) < 4.78 is 36.1. The Morgan fingerprint density at radius 2 is 1.76 bits per heavy atom. The van der Waals surface area contributed by atoms with Crippen LogP contribution in [0.25, 0.3) is 0 Å². The molecular formula is C12H15F3N2. The van der Waals surface area contributed by atoms with Crippen LogP contribution < -0.4 is 11.1 Å². The van der Waals surface area contributed by atoms with Gasteiger partial charge in [-0.25, -0.2) is 0 Å². The Bertz CT molecular complexity index is 380. The zero-order valence-electron chi connectivity index (χ0n) is 9.35. The van der Waals surface area contributed by atoms with Crippen LogP contribution in [0, 0.1) is 0 Å². The highest BCUT2D eigenvalue weighted by molar-refractivity contribution is 5.43. The molecule has 0 amide bonds. The van der Waals surface area contributed by atoms with E-state index in [4.69, 9.17) is 5.73 Å². The van der Waals surface area contributed by atoms with E-state index in [-0.39, 0.29) is 5.41 Å². The molecule has 94 valence electrons. The SMILES string of the molecule is Nc1ccc(C2(CNCC(F)(F)F)CC2)cc1. The van der Waals surface area contributed by atoms with Crippen molar-refractivity contribution in [1.82, 2.24) is 5.32 Å². The Morgan fingerprint density at radius 3 is 2.24 bits per heavy atom. The quantitative estimate of drug-likeness (QED) is 0.798. The molecule has 1 aliphatic carbocycles. The van der Waals surface area contributed by atoms with Crippen LogP contribution in [0.1, 0.15) is 18.4 Å². The molecule has 2 rings (SSSR count). The number of halogens is 3. The van der Waals surface area contributed by atoms with Gasteiger partial charge in [0.25, 0.3) is 0 Å². The third-order valence-electron chi connectivity index (χ3n) is 3.17. The zero-order chi connectivity index (χ0) is 12.5. The summed E-state index contributed by atoms with van der Waals surface area (Å²) in [6.45, 7) is -0.555. The van der Waals surface area contributed by atoms with Gasteiger partial charge < -0.3 is 11.1 Å². The third-order valence-corrected chi connectivity index (χ3v) is 3.17. The van der Waals surface area contributed by atoms with Crippen molar-refractivity contribution in [2.45, 2.75) is 24.4 Å². The Kier molecular flexibility index (Phi) is 3.03. The lowest BCUT2D eigenvalue weighted by Gasteiger charge is -2.17. The maximum absolute atomic E-state index is 12.0. The van der Waals surface area contributed by atoms with Crippen molar-refractivity contribution in [1.29, 1.82) is 0 Å². The summed E-state index contributed by atoms with van der Waals surface area (Å²) in [5.41, 5.74) is 7.22. The van der Waals surface area contributed by atoms with Gasteiger partial charge in [-0.3, -0.25) is 0 Å². The first-order chi connectivity index (χ1) is 7.91. The standard InChI is InChI=1S/C12H15F3N2/c13-12(14,15)8-17-7-11(5-6-11)9-1-3-10(16)4-2-9/h1-4,17H,5-8,16H2. The molecule has 0 unspecified atom stereocenters. The second-order valence-corrected chi connectivity index (χ2v) is 4.62. The summed E-state index contributed by atoms with van der Waals surface area (Å²) in [5.74, 6) is 0. The maximum Gasteiger partial charge on any atom is 0.401 e. The van der Waals surface area contributed by atoms with Gasteiger partial charge in [-0.15, -0.1) is 0 Å². The van der Waals surface area contributed by atoms with Crippen molar-refractivity contribution in [3.05, 3.63) is 29.8 Å². The van der Waals surface area contributed by atoms with Crippen LogP contribution in [0.5, 0.6) is 0 Å². The largest absolute Gasteiger partial charge is 0.401 e. The number of alkyl halides is 3. The van der Waals surface area contributed by atoms with Crippen LogP contribution in [0.2, 0.25) is 0 Å². The molecule has 5 heteroatoms. The number of nitrogens with one attached hydrogen (secondary N) is 1. The molecule has 17 heavy (non-hydrogen) atoms. The van der Waals surface area contributed by atoms with Gasteiger partial charge in [0.05, 0.1) is 6.54 Å². The molecule has 3 N–H and O–H groups in total. The van der Waals surface area contributed by atoms with Crippen LogP contribution in [0.4, 0.5) is 18.9 Å². The van der Waals surface area contributed by atoms with Crippen LogP contribution in [0.15, 0.2) is 24.3 Å². The van der Waals surface area contributed by atoms with E-state index in [1.165, 1.54) is 0 Å². The fraction of sp³-hybridized carbons (Fsp3) is 0.500. The van der Waals surface area contributed by atoms with Crippen molar-refractivity contribution < 1.29 is 13.2 Å². The molecule has 1 aromatic rings. The minimum absolute atomic E-state index is 0.112. The number of benzene rings is 1. The van der Waals surface area contributed by atoms with E-state index in [9.17, 15) is 13.2 Å². The van der Waals surface area contributed by atoms with Crippen LogP contribution in [-0.4, -0.2) is 19.3 Å². The Labute approximate surface area is 98.0 Å². The van der Waals surface area contributed by atoms with Gasteiger partial charge in [0.15, 0.2) is 0 Å². The van der Waals surface area contributed by atoms with Crippen molar-refractivity contribution in [3.8, 4) is 0 Å². The first-order valence-corrected chi connectivity index (χ1v) is 5.55. The lowest BCUT2D eigenvalue weighted by molar-refractivity contribution is -0.124. The highest BCUT2D eigenvalue weighted by Crippen LogP contribution is 2.47. The fourth-order valence-corrected chi connectivity index (χ4v) is 2.00. The molecule has 1 aliphatic rings. The Balaban J connectivity index is 1.94. The van der Waals surface area contributed by atoms with E-state index in [0.29, 0.717) is 12.2 Å². The van der Waals surface area contributed by atoms with Gasteiger partial charge in [0.1, 0.15) is 0 Å². The molecule has 0 heterocycles. The van der Waals surface area contributed by atoms with Crippen molar-refractivity contribution >= 4 is 5.69 Å². The van der Waals surface area contributed by atoms with E-state index in [0.717, 1.165) is 18.4 Å². The van der Waals surface area contributed by atoms with Gasteiger partial charge in [-0.1, -0.05) is 12.1 Å². The highest BCUT2D eigenvalue weighted by Gasteiger charge is 2.44. The molecule has 0 saturated heterocycles. The molecule has 0 atom stereocenters. The zero-order valence-corrected chi connectivity index (χ0v) is 9.35. The van der Waals surface area contributed by atoms with E-state index in [1.807, 2.05) is 12.1 Å². The molecule has 0 aromatic heterocycles. The van der Waals surface area contributed by atoms with Crippen LogP contribution >= 0.6 is 0 Å². The minimum Gasteiger partial charge on any atom is -0.399 e. The molecular weight excluding hydrogens is 229 g/mol. The number of hydrogen-bond donors (Lipinski definition) is 2. The molecule has 1 saturated carbocycles. The highest BCUT2D eigenvalue weighted by atomic mass is 19.4. The summed E-state index contributed by atoms with van der Waals surface area (Å²) in [5, 5.41) is 2.48. The summed E-state index contributed by atoms with van der Waals surface area (Å²) in [4.78, 5) is 0. The molecule has 2 nitrogen and oxygen atoms in total. The smallest absolute Gasteiger partial charge is 0.399 e. The first kappa shape index (κ1) is 12.2. The van der Waals surface area contributed by atoms with E-state index >= 15 is 0 Å². The van der Waals surface area contributed by atoms with Crippen LogP contribution in [0.3, 0.4) is 0 Å². The number of nitrogen functional groups attached to an aromatic ring is 1. The average Bonchev–Trinajstić information content (AvgIpc) is 2.98. The summed E-state index contributed by atoms with van der Waals surface area (Å²) in [6.07, 6.45) is -2.28. The number of nitrogens with two attached hydrogens (primary N) is 1. The Hall–Kier alpha value is -1.23. The third kappa shape index (κ3) is 3.12. The monoisotopic (exact) mass is 244 g/mol. The average molecular weight is 244 g/mol. The predicted octanol–water partition coefficient (Wildman–Crippen LogP) is 2.45. The fourth-order valence-electron chi connectivity index (χ4n) is 2.00. The molecule has 0 aliphatic heterocycles. The van der Waals surface area contributed by atoms with Crippen molar-refractivity contribution in [2.24, 2.45) is 0 Å². The summed E-state index contributed by atoms with van der Waals surface area (Å²) >= 11 is 0. The predicted molar refractivity (Wildman–Crippen MR) is 60.7 cm³/mol. The molecule has 0 radical (unpaired) electrons. The maximum atomic E-state index is 12.0. The van der Waals surface area contributed by atoms with Gasteiger partial charge >= 0.3 is 6.18 Å². The van der Waals surface area contributed by atoms with Crippen molar-refractivity contribution in [2.75, 3.05) is 18.8 Å².